The first-order valence-electron chi connectivity index (χ1n) is 9.52. The van der Waals surface area contributed by atoms with Gasteiger partial charge in [0.15, 0.2) is 0 Å². The fourth-order valence-electron chi connectivity index (χ4n) is 2.49. The number of carbonyl (C=O) groups excluding carboxylic acids is 2. The Balaban J connectivity index is 2.99. The minimum atomic E-state index is -6.49. The quantitative estimate of drug-likeness (QED) is 0.0982. The molecule has 1 rings (SSSR count). The summed E-state index contributed by atoms with van der Waals surface area (Å²) in [7, 11) is -6.49. The minimum Gasteiger partial charge on any atom is -0.412 e. The molecule has 0 fully saturated rings. The first-order valence-corrected chi connectivity index (χ1v) is 11.0. The maximum absolute atomic E-state index is 13.8. The van der Waals surface area contributed by atoms with Crippen LogP contribution in [0.5, 0.6) is 0 Å². The molecule has 0 aliphatic carbocycles. The molecule has 0 aliphatic rings. The zero-order valence-corrected chi connectivity index (χ0v) is 18.5. The van der Waals surface area contributed by atoms with E-state index in [1.165, 1.54) is 24.3 Å². The lowest BCUT2D eigenvalue weighted by molar-refractivity contribution is -0.347. The number of carbonyl (C=O) groups is 2. The number of hydrogen-bond acceptors (Lipinski definition) is 6. The topological polar surface area (TPSA) is 119 Å². The van der Waals surface area contributed by atoms with Crippen molar-refractivity contribution in [3.05, 3.63) is 48.6 Å². The van der Waals surface area contributed by atoms with E-state index in [4.69, 9.17) is 4.55 Å². The second-order valence-corrected chi connectivity index (χ2v) is 8.37. The van der Waals surface area contributed by atoms with Crippen LogP contribution >= 0.6 is 0 Å². The third-order valence-electron chi connectivity index (χ3n) is 4.32. The Bertz CT molecular complexity index is 1000. The van der Waals surface area contributed by atoms with Gasteiger partial charge in [0.2, 0.25) is 0 Å². The second kappa shape index (κ2) is 11.3. The Labute approximate surface area is 194 Å². The van der Waals surface area contributed by atoms with Gasteiger partial charge in [0.05, 0.1) is 6.61 Å². The summed E-state index contributed by atoms with van der Waals surface area (Å²) in [6, 6.07) is 7.54. The van der Waals surface area contributed by atoms with Crippen LogP contribution in [0.2, 0.25) is 0 Å². The van der Waals surface area contributed by atoms with Gasteiger partial charge in [0.1, 0.15) is 0 Å². The molecule has 0 saturated heterocycles. The van der Waals surface area contributed by atoms with Gasteiger partial charge in [-0.15, -0.1) is 0 Å². The zero-order valence-electron chi connectivity index (χ0n) is 17.7. The van der Waals surface area contributed by atoms with E-state index < -0.39 is 77.5 Å². The zero-order chi connectivity index (χ0) is 27.1. The summed E-state index contributed by atoms with van der Waals surface area (Å²) in [5.41, 5.74) is 0.356. The molecule has 0 spiro atoms. The number of nitrogens with one attached hydrogen (secondary N) is 1. The van der Waals surface area contributed by atoms with Gasteiger partial charge in [0.25, 0.3) is 0 Å². The van der Waals surface area contributed by atoms with Crippen molar-refractivity contribution >= 4 is 22.0 Å². The first-order chi connectivity index (χ1) is 15.9. The highest BCUT2D eigenvalue weighted by atomic mass is 32.2. The van der Waals surface area contributed by atoms with Gasteiger partial charge < -0.3 is 14.8 Å². The molecule has 1 aromatic carbocycles. The Kier molecular flexibility index (Phi) is 9.82. The number of ether oxygens (including phenoxy) is 2. The van der Waals surface area contributed by atoms with E-state index >= 15 is 0 Å². The molecule has 8 nitrogen and oxygen atoms in total. The normalized spacial score (nSPS) is 14.6. The highest BCUT2D eigenvalue weighted by Gasteiger charge is 2.66. The molecule has 0 aliphatic heterocycles. The Morgan fingerprint density at radius 2 is 1.60 bits per heavy atom. The van der Waals surface area contributed by atoms with Crippen molar-refractivity contribution in [3.8, 4) is 0 Å². The third-order valence-corrected chi connectivity index (χ3v) is 5.27. The fraction of sp³-hybridized carbons (Fsp3) is 0.474. The number of esters is 1. The molecule has 16 heteroatoms. The van der Waals surface area contributed by atoms with E-state index in [1.807, 2.05) is 5.32 Å². The van der Waals surface area contributed by atoms with Crippen LogP contribution in [-0.2, 0) is 35.7 Å². The van der Waals surface area contributed by atoms with Crippen LogP contribution in [0.3, 0.4) is 0 Å². The van der Waals surface area contributed by atoms with Crippen molar-refractivity contribution < 1.29 is 62.8 Å². The summed E-state index contributed by atoms with van der Waals surface area (Å²) in [5, 5.41) is -3.99. The molecule has 1 atom stereocenters. The average Bonchev–Trinajstić information content (AvgIpc) is 2.75. The molecule has 198 valence electrons. The standard InChI is InChI=1S/C19H20F7NO7S/c1-2-14(28)34-17(18(22,23)24,15(29)27-12-13-8-4-3-5-9-13)33-11-7-6-10-16(20,21)19(25,26)35(30,31)32/h2-5,8-9H,1,6-7,10-12H2,(H,27,29)(H,30,31,32). The lowest BCUT2D eigenvalue weighted by Crippen LogP contribution is -2.61. The predicted molar refractivity (Wildman–Crippen MR) is 105 cm³/mol. The van der Waals surface area contributed by atoms with Crippen molar-refractivity contribution in [2.24, 2.45) is 0 Å². The Morgan fingerprint density at radius 1 is 1.03 bits per heavy atom. The van der Waals surface area contributed by atoms with Gasteiger partial charge >= 0.3 is 45.1 Å². The first kappa shape index (κ1) is 30.3. The number of alkyl halides is 7. The molecule has 1 aromatic rings. The highest BCUT2D eigenvalue weighted by molar-refractivity contribution is 7.87. The molecule has 0 radical (unpaired) electrons. The fourth-order valence-corrected chi connectivity index (χ4v) is 2.97. The van der Waals surface area contributed by atoms with Crippen LogP contribution in [0.15, 0.2) is 43.0 Å². The number of unbranched alkanes of at least 4 members (excludes halogenated alkanes) is 1. The molecule has 35 heavy (non-hydrogen) atoms. The molecule has 0 aromatic heterocycles. The molecular formula is C19H20F7NO7S. The number of halogens is 7. The van der Waals surface area contributed by atoms with E-state index in [1.54, 1.807) is 6.07 Å². The van der Waals surface area contributed by atoms with Crippen LogP contribution in [0, 0.1) is 0 Å². The molecule has 0 saturated carbocycles. The number of amides is 1. The predicted octanol–water partition coefficient (Wildman–Crippen LogP) is 3.59. The van der Waals surface area contributed by atoms with Gasteiger partial charge in [-0.3, -0.25) is 9.35 Å². The lowest BCUT2D eigenvalue weighted by Gasteiger charge is -2.33. The minimum absolute atomic E-state index is 0.298. The number of hydrogen-bond donors (Lipinski definition) is 2. The van der Waals surface area contributed by atoms with Crippen LogP contribution in [-0.4, -0.2) is 54.6 Å². The lowest BCUT2D eigenvalue weighted by atomic mass is 10.1. The van der Waals surface area contributed by atoms with Gasteiger partial charge in [-0.1, -0.05) is 36.9 Å². The van der Waals surface area contributed by atoms with Crippen LogP contribution < -0.4 is 5.32 Å². The summed E-state index contributed by atoms with van der Waals surface area (Å²) in [4.78, 5) is 23.9. The van der Waals surface area contributed by atoms with Gasteiger partial charge in [-0.05, 0) is 18.4 Å². The van der Waals surface area contributed by atoms with Gasteiger partial charge in [-0.2, -0.15) is 39.2 Å². The van der Waals surface area contributed by atoms with Crippen LogP contribution in [0.25, 0.3) is 0 Å². The molecule has 0 heterocycles. The summed E-state index contributed by atoms with van der Waals surface area (Å²) >= 11 is 0. The highest BCUT2D eigenvalue weighted by Crippen LogP contribution is 2.42. The molecule has 1 amide bonds. The summed E-state index contributed by atoms with van der Waals surface area (Å²) in [6.07, 6.45) is -9.14. The number of benzene rings is 1. The van der Waals surface area contributed by atoms with E-state index in [-0.39, 0.29) is 0 Å². The maximum atomic E-state index is 13.8. The van der Waals surface area contributed by atoms with Crippen molar-refractivity contribution in [1.29, 1.82) is 0 Å². The Hall–Kier alpha value is -2.72. The largest absolute Gasteiger partial charge is 0.466 e. The second-order valence-electron chi connectivity index (χ2n) is 6.91. The van der Waals surface area contributed by atoms with E-state index in [9.17, 15) is 48.7 Å². The Morgan fingerprint density at radius 3 is 2.09 bits per heavy atom. The molecule has 0 bridgehead atoms. The van der Waals surface area contributed by atoms with Crippen LogP contribution in [0.1, 0.15) is 24.8 Å². The van der Waals surface area contributed by atoms with Gasteiger partial charge in [-0.25, -0.2) is 4.79 Å². The monoisotopic (exact) mass is 539 g/mol. The SMILES string of the molecule is C=CC(=O)OC(OCCCCC(F)(F)C(F)(F)S(=O)(=O)O)(C(=O)NCc1ccccc1)C(F)(F)F. The van der Waals surface area contributed by atoms with Gasteiger partial charge in [0, 0.05) is 19.0 Å². The van der Waals surface area contributed by atoms with E-state index in [0.717, 1.165) is 0 Å². The van der Waals surface area contributed by atoms with E-state index in [2.05, 4.69) is 16.1 Å². The summed E-state index contributed by atoms with van der Waals surface area (Å²) < 4.78 is 133. The molecular weight excluding hydrogens is 519 g/mol. The van der Waals surface area contributed by atoms with Crippen LogP contribution in [0.4, 0.5) is 30.7 Å². The van der Waals surface area contributed by atoms with Crippen molar-refractivity contribution in [3.63, 3.8) is 0 Å². The summed E-state index contributed by atoms with van der Waals surface area (Å²) in [6.45, 7) is 1.24. The maximum Gasteiger partial charge on any atom is 0.466 e. The molecule has 1 unspecified atom stereocenters. The molecule has 2 N–H and O–H groups in total. The third kappa shape index (κ3) is 7.38. The number of rotatable bonds is 13. The average molecular weight is 539 g/mol. The van der Waals surface area contributed by atoms with Crippen molar-refractivity contribution in [2.45, 2.75) is 48.9 Å². The van der Waals surface area contributed by atoms with E-state index in [0.29, 0.717) is 11.6 Å². The smallest absolute Gasteiger partial charge is 0.412 e. The summed E-state index contributed by atoms with van der Waals surface area (Å²) in [5.74, 6) is -13.2. The van der Waals surface area contributed by atoms with Crippen molar-refractivity contribution in [2.75, 3.05) is 6.61 Å². The van der Waals surface area contributed by atoms with Crippen molar-refractivity contribution in [1.82, 2.24) is 5.32 Å².